The van der Waals surface area contributed by atoms with Crippen LogP contribution in [0.25, 0.3) is 0 Å². The Morgan fingerprint density at radius 2 is 2.29 bits per heavy atom. The third-order valence-corrected chi connectivity index (χ3v) is 2.16. The number of hydrogen-bond acceptors (Lipinski definition) is 2. The summed E-state index contributed by atoms with van der Waals surface area (Å²) in [6, 6.07) is 4.56. The van der Waals surface area contributed by atoms with Crippen molar-refractivity contribution in [2.24, 2.45) is 5.73 Å². The highest BCUT2D eigenvalue weighted by Crippen LogP contribution is 2.15. The van der Waals surface area contributed by atoms with E-state index in [0.717, 1.165) is 4.47 Å². The van der Waals surface area contributed by atoms with Crippen molar-refractivity contribution in [2.75, 3.05) is 6.54 Å². The van der Waals surface area contributed by atoms with Crippen LogP contribution in [0.5, 0.6) is 0 Å². The topological polar surface area (TPSA) is 55.1 Å². The maximum absolute atomic E-state index is 13.1. The summed E-state index contributed by atoms with van der Waals surface area (Å²) in [6.07, 6.45) is 0. The summed E-state index contributed by atoms with van der Waals surface area (Å²) in [7, 11) is 0. The van der Waals surface area contributed by atoms with Crippen LogP contribution in [0, 0.1) is 5.82 Å². The summed E-state index contributed by atoms with van der Waals surface area (Å²) in [5.41, 5.74) is 5.52. The Balaban J connectivity index is 2.66. The Morgan fingerprint density at radius 3 is 2.93 bits per heavy atom. The van der Waals surface area contributed by atoms with Crippen LogP contribution in [0.3, 0.4) is 0 Å². The van der Waals surface area contributed by atoms with Crippen LogP contribution in [0.15, 0.2) is 22.7 Å². The van der Waals surface area contributed by atoms with Crippen LogP contribution >= 0.6 is 15.9 Å². The molecule has 0 bridgehead atoms. The van der Waals surface area contributed by atoms with E-state index in [2.05, 4.69) is 21.2 Å². The van der Waals surface area contributed by atoms with Crippen molar-refractivity contribution in [2.45, 2.75) is 6.54 Å². The fourth-order valence-corrected chi connectivity index (χ4v) is 1.35. The van der Waals surface area contributed by atoms with Crippen molar-refractivity contribution in [3.05, 3.63) is 34.1 Å². The van der Waals surface area contributed by atoms with Gasteiger partial charge in [-0.25, -0.2) is 4.39 Å². The quantitative estimate of drug-likeness (QED) is 0.857. The molecule has 1 aromatic rings. The average Bonchev–Trinajstić information content (AvgIpc) is 2.19. The number of benzene rings is 1. The Labute approximate surface area is 89.6 Å². The molecule has 0 radical (unpaired) electrons. The first kappa shape index (κ1) is 11.1. The third kappa shape index (κ3) is 3.08. The molecular weight excluding hydrogens is 251 g/mol. The summed E-state index contributed by atoms with van der Waals surface area (Å²) >= 11 is 3.22. The van der Waals surface area contributed by atoms with Crippen molar-refractivity contribution in [3.8, 4) is 0 Å². The van der Waals surface area contributed by atoms with Gasteiger partial charge in [0.2, 0.25) is 5.91 Å². The smallest absolute Gasteiger partial charge is 0.234 e. The standard InChI is InChI=1S/C9H10BrFN2O/c10-7-1-2-8(11)6(3-7)5-13-9(14)4-12/h1-3H,4-5,12H2,(H,13,14). The molecule has 3 nitrogen and oxygen atoms in total. The van der Waals surface area contributed by atoms with Crippen LogP contribution in [0.2, 0.25) is 0 Å². The van der Waals surface area contributed by atoms with Gasteiger partial charge in [0, 0.05) is 16.6 Å². The molecule has 0 unspecified atom stereocenters. The fourth-order valence-electron chi connectivity index (χ4n) is 0.945. The van der Waals surface area contributed by atoms with Gasteiger partial charge >= 0.3 is 0 Å². The zero-order valence-corrected chi connectivity index (χ0v) is 8.97. The summed E-state index contributed by atoms with van der Waals surface area (Å²) in [4.78, 5) is 10.8. The van der Waals surface area contributed by atoms with Crippen LogP contribution in [0.4, 0.5) is 4.39 Å². The first-order valence-electron chi connectivity index (χ1n) is 4.04. The molecule has 1 amide bonds. The van der Waals surface area contributed by atoms with Crippen molar-refractivity contribution in [1.82, 2.24) is 5.32 Å². The van der Waals surface area contributed by atoms with E-state index in [1.807, 2.05) is 0 Å². The number of amides is 1. The molecule has 0 saturated heterocycles. The minimum absolute atomic E-state index is 0.0877. The maximum atomic E-state index is 13.1. The van der Waals surface area contributed by atoms with Gasteiger partial charge in [0.05, 0.1) is 6.54 Å². The van der Waals surface area contributed by atoms with Gasteiger partial charge in [-0.15, -0.1) is 0 Å². The number of carbonyl (C=O) groups excluding carboxylic acids is 1. The van der Waals surface area contributed by atoms with Gasteiger partial charge < -0.3 is 11.1 Å². The molecule has 0 saturated carbocycles. The lowest BCUT2D eigenvalue weighted by Crippen LogP contribution is -2.29. The van der Waals surface area contributed by atoms with Crippen LogP contribution < -0.4 is 11.1 Å². The molecule has 14 heavy (non-hydrogen) atoms. The molecule has 0 heterocycles. The van der Waals surface area contributed by atoms with Gasteiger partial charge in [0.15, 0.2) is 0 Å². The Bertz CT molecular complexity index is 344. The SMILES string of the molecule is NCC(=O)NCc1cc(Br)ccc1F. The zero-order chi connectivity index (χ0) is 10.6. The second-order valence-corrected chi connectivity index (χ2v) is 3.63. The van der Waals surface area contributed by atoms with E-state index < -0.39 is 0 Å². The largest absolute Gasteiger partial charge is 0.351 e. The van der Waals surface area contributed by atoms with E-state index in [4.69, 9.17) is 5.73 Å². The highest BCUT2D eigenvalue weighted by atomic mass is 79.9. The third-order valence-electron chi connectivity index (χ3n) is 1.67. The first-order valence-corrected chi connectivity index (χ1v) is 4.83. The Hall–Kier alpha value is -0.940. The van der Waals surface area contributed by atoms with Crippen LogP contribution in [-0.4, -0.2) is 12.5 Å². The van der Waals surface area contributed by atoms with Crippen LogP contribution in [0.1, 0.15) is 5.56 Å². The molecule has 0 aliphatic heterocycles. The van der Waals surface area contributed by atoms with E-state index in [0.29, 0.717) is 5.56 Å². The van der Waals surface area contributed by atoms with Crippen molar-refractivity contribution in [3.63, 3.8) is 0 Å². The van der Waals surface area contributed by atoms with E-state index in [1.54, 1.807) is 12.1 Å². The fraction of sp³-hybridized carbons (Fsp3) is 0.222. The summed E-state index contributed by atoms with van der Waals surface area (Å²) in [6.45, 7) is 0.0664. The van der Waals surface area contributed by atoms with Crippen LogP contribution in [-0.2, 0) is 11.3 Å². The molecule has 0 aliphatic rings. The number of nitrogens with one attached hydrogen (secondary N) is 1. The number of rotatable bonds is 3. The minimum atomic E-state index is -0.342. The highest BCUT2D eigenvalue weighted by Gasteiger charge is 2.03. The lowest BCUT2D eigenvalue weighted by atomic mass is 10.2. The molecular formula is C9H10BrFN2O. The highest BCUT2D eigenvalue weighted by molar-refractivity contribution is 9.10. The number of hydrogen-bond donors (Lipinski definition) is 2. The Morgan fingerprint density at radius 1 is 1.57 bits per heavy atom. The summed E-state index contributed by atoms with van der Waals surface area (Å²) in [5, 5.41) is 2.49. The van der Waals surface area contributed by atoms with E-state index in [1.165, 1.54) is 6.07 Å². The molecule has 0 aromatic heterocycles. The second kappa shape index (κ2) is 5.07. The van der Waals surface area contributed by atoms with Crippen molar-refractivity contribution >= 4 is 21.8 Å². The molecule has 1 rings (SSSR count). The van der Waals surface area contributed by atoms with E-state index >= 15 is 0 Å². The lowest BCUT2D eigenvalue weighted by Gasteiger charge is -2.05. The van der Waals surface area contributed by atoms with Gasteiger partial charge in [0.25, 0.3) is 0 Å². The molecule has 1 aromatic carbocycles. The predicted octanol–water partition coefficient (Wildman–Crippen LogP) is 1.16. The summed E-state index contributed by atoms with van der Waals surface area (Å²) in [5.74, 6) is -0.644. The monoisotopic (exact) mass is 260 g/mol. The summed E-state index contributed by atoms with van der Waals surface area (Å²) < 4.78 is 13.9. The van der Waals surface area contributed by atoms with Gasteiger partial charge in [-0.2, -0.15) is 0 Å². The molecule has 0 spiro atoms. The molecule has 0 aliphatic carbocycles. The Kier molecular flexibility index (Phi) is 4.03. The zero-order valence-electron chi connectivity index (χ0n) is 7.39. The normalized spacial score (nSPS) is 9.93. The van der Waals surface area contributed by atoms with Gasteiger partial charge in [0.1, 0.15) is 5.82 Å². The second-order valence-electron chi connectivity index (χ2n) is 2.72. The number of nitrogens with two attached hydrogens (primary N) is 1. The van der Waals surface area contributed by atoms with E-state index in [-0.39, 0.29) is 24.8 Å². The molecule has 76 valence electrons. The maximum Gasteiger partial charge on any atom is 0.234 e. The van der Waals surface area contributed by atoms with Gasteiger partial charge in [-0.1, -0.05) is 15.9 Å². The van der Waals surface area contributed by atoms with Gasteiger partial charge in [-0.3, -0.25) is 4.79 Å². The van der Waals surface area contributed by atoms with Crippen molar-refractivity contribution < 1.29 is 9.18 Å². The molecule has 5 heteroatoms. The lowest BCUT2D eigenvalue weighted by molar-refractivity contribution is -0.119. The molecule has 0 atom stereocenters. The minimum Gasteiger partial charge on any atom is -0.351 e. The average molecular weight is 261 g/mol. The van der Waals surface area contributed by atoms with E-state index in [9.17, 15) is 9.18 Å². The number of carbonyl (C=O) groups is 1. The first-order chi connectivity index (χ1) is 6.63. The molecule has 3 N–H and O–H groups in total. The predicted molar refractivity (Wildman–Crippen MR) is 55.0 cm³/mol. The van der Waals surface area contributed by atoms with Crippen molar-refractivity contribution in [1.29, 1.82) is 0 Å². The van der Waals surface area contributed by atoms with Gasteiger partial charge in [-0.05, 0) is 18.2 Å². The number of halogens is 2. The molecule has 0 fully saturated rings.